The minimum atomic E-state index is -0.780. The number of carbonyl (C=O) groups excluding carboxylic acids is 4. The number of hydrogen-bond donors (Lipinski definition) is 0. The minimum Gasteiger partial charge on any atom is -0.466 e. The van der Waals surface area contributed by atoms with E-state index in [0.29, 0.717) is 12.8 Å². The fraction of sp³-hybridized carbons (Fsp3) is 0.500. The Morgan fingerprint density at radius 2 is 0.958 bits per heavy atom. The highest BCUT2D eigenvalue weighted by Gasteiger charge is 2.09. The number of terminal acetylenes is 2. The maximum absolute atomic E-state index is 11.3. The van der Waals surface area contributed by atoms with Crippen LogP contribution in [0.3, 0.4) is 0 Å². The highest BCUT2D eigenvalue weighted by atomic mass is 16.6. The third kappa shape index (κ3) is 12.7. The van der Waals surface area contributed by atoms with Crippen molar-refractivity contribution in [3.8, 4) is 24.7 Å². The smallest absolute Gasteiger partial charge is 0.384 e. The Hall–Kier alpha value is -3.00. The van der Waals surface area contributed by atoms with Gasteiger partial charge in [0.15, 0.2) is 0 Å². The second-order valence-electron chi connectivity index (χ2n) is 4.21. The van der Waals surface area contributed by atoms with Gasteiger partial charge in [-0.1, -0.05) is 0 Å². The predicted molar refractivity (Wildman–Crippen MR) is 80.0 cm³/mol. The van der Waals surface area contributed by atoms with Gasteiger partial charge in [0.1, 0.15) is 0 Å². The molecule has 0 atom stereocenters. The van der Waals surface area contributed by atoms with Crippen LogP contribution in [0.5, 0.6) is 0 Å². The normalized spacial score (nSPS) is 9.08. The summed E-state index contributed by atoms with van der Waals surface area (Å²) in [5.74, 6) is 0.853. The van der Waals surface area contributed by atoms with Crippen molar-refractivity contribution in [3.05, 3.63) is 0 Å². The first-order valence-corrected chi connectivity index (χ1v) is 7.07. The van der Waals surface area contributed by atoms with Crippen molar-refractivity contribution in [2.45, 2.75) is 25.7 Å². The molecule has 0 fully saturated rings. The molecule has 0 saturated carbocycles. The van der Waals surface area contributed by atoms with Gasteiger partial charge in [-0.15, -0.1) is 12.8 Å². The molecule has 0 unspecified atom stereocenters. The molecule has 0 aromatic rings. The summed E-state index contributed by atoms with van der Waals surface area (Å²) in [6.45, 7) is 0.184. The highest BCUT2D eigenvalue weighted by Crippen LogP contribution is 1.98. The van der Waals surface area contributed by atoms with Gasteiger partial charge in [0.25, 0.3) is 0 Å². The summed E-state index contributed by atoms with van der Waals surface area (Å²) in [6, 6.07) is 0. The summed E-state index contributed by atoms with van der Waals surface area (Å²) in [7, 11) is 0. The van der Waals surface area contributed by atoms with Crippen LogP contribution in [-0.2, 0) is 38.1 Å². The van der Waals surface area contributed by atoms with E-state index in [1.807, 2.05) is 0 Å². The van der Waals surface area contributed by atoms with E-state index >= 15 is 0 Å². The SMILES string of the molecule is C#CC(=O)OCCCOC(=O)CCC(=O)OCCCOC(=O)C#C. The molecular formula is C16H18O8. The molecular weight excluding hydrogens is 320 g/mol. The molecule has 130 valence electrons. The van der Waals surface area contributed by atoms with Crippen LogP contribution in [0.15, 0.2) is 0 Å². The summed E-state index contributed by atoms with van der Waals surface area (Å²) in [4.78, 5) is 43.9. The van der Waals surface area contributed by atoms with Gasteiger partial charge in [-0.2, -0.15) is 0 Å². The molecule has 0 amide bonds. The topological polar surface area (TPSA) is 105 Å². The van der Waals surface area contributed by atoms with Crippen LogP contribution in [0.25, 0.3) is 0 Å². The Bertz CT molecular complexity index is 475. The van der Waals surface area contributed by atoms with Gasteiger partial charge in [0.05, 0.1) is 39.3 Å². The molecule has 0 aromatic heterocycles. The maximum atomic E-state index is 11.3. The second kappa shape index (κ2) is 13.6. The summed E-state index contributed by atoms with van der Waals surface area (Å²) >= 11 is 0. The molecule has 8 nitrogen and oxygen atoms in total. The van der Waals surface area contributed by atoms with E-state index in [0.717, 1.165) is 0 Å². The van der Waals surface area contributed by atoms with E-state index in [9.17, 15) is 19.2 Å². The molecule has 8 heteroatoms. The van der Waals surface area contributed by atoms with Crippen molar-refractivity contribution < 1.29 is 38.1 Å². The molecule has 0 aliphatic heterocycles. The average molecular weight is 338 g/mol. The molecule has 0 heterocycles. The summed E-state index contributed by atoms with van der Waals surface area (Å²) in [5, 5.41) is 0. The van der Waals surface area contributed by atoms with Gasteiger partial charge in [0, 0.05) is 24.7 Å². The third-order valence-corrected chi connectivity index (χ3v) is 2.34. The zero-order chi connectivity index (χ0) is 18.2. The van der Waals surface area contributed by atoms with Crippen molar-refractivity contribution in [3.63, 3.8) is 0 Å². The Labute approximate surface area is 139 Å². The largest absolute Gasteiger partial charge is 0.466 e. The van der Waals surface area contributed by atoms with Crippen LogP contribution < -0.4 is 0 Å². The van der Waals surface area contributed by atoms with Crippen LogP contribution in [0.1, 0.15) is 25.7 Å². The van der Waals surface area contributed by atoms with E-state index in [4.69, 9.17) is 22.3 Å². The Morgan fingerprint density at radius 1 is 0.625 bits per heavy atom. The lowest BCUT2D eigenvalue weighted by atomic mass is 10.3. The number of ether oxygens (including phenoxy) is 4. The second-order valence-corrected chi connectivity index (χ2v) is 4.21. The average Bonchev–Trinajstić information content (AvgIpc) is 2.58. The van der Waals surface area contributed by atoms with Gasteiger partial charge >= 0.3 is 23.9 Å². The molecule has 0 radical (unpaired) electrons. The zero-order valence-electron chi connectivity index (χ0n) is 13.1. The van der Waals surface area contributed by atoms with Crippen LogP contribution in [0.2, 0.25) is 0 Å². The summed E-state index contributed by atoms with van der Waals surface area (Å²) in [5.41, 5.74) is 0. The Morgan fingerprint density at radius 3 is 1.29 bits per heavy atom. The van der Waals surface area contributed by atoms with Gasteiger partial charge < -0.3 is 18.9 Å². The molecule has 24 heavy (non-hydrogen) atoms. The van der Waals surface area contributed by atoms with E-state index in [-0.39, 0.29) is 39.3 Å². The van der Waals surface area contributed by atoms with Gasteiger partial charge in [-0.05, 0) is 0 Å². The monoisotopic (exact) mass is 338 g/mol. The first kappa shape index (κ1) is 21.0. The standard InChI is InChI=1S/C16H18O8/c1-3-13(17)21-9-5-11-23-15(19)7-8-16(20)24-12-6-10-22-14(18)4-2/h1-2H,5-12H2. The first-order valence-electron chi connectivity index (χ1n) is 7.07. The van der Waals surface area contributed by atoms with Crippen LogP contribution in [0.4, 0.5) is 0 Å². The molecule has 0 saturated heterocycles. The lowest BCUT2D eigenvalue weighted by Crippen LogP contribution is -2.13. The fourth-order valence-electron chi connectivity index (χ4n) is 1.25. The van der Waals surface area contributed by atoms with Gasteiger partial charge in [-0.3, -0.25) is 9.59 Å². The molecule has 0 N–H and O–H groups in total. The van der Waals surface area contributed by atoms with Crippen LogP contribution >= 0.6 is 0 Å². The van der Waals surface area contributed by atoms with Gasteiger partial charge in [0.2, 0.25) is 0 Å². The molecule has 0 aliphatic rings. The van der Waals surface area contributed by atoms with E-state index < -0.39 is 23.9 Å². The fourth-order valence-corrected chi connectivity index (χ4v) is 1.25. The maximum Gasteiger partial charge on any atom is 0.384 e. The van der Waals surface area contributed by atoms with Gasteiger partial charge in [-0.25, -0.2) is 9.59 Å². The van der Waals surface area contributed by atoms with Crippen LogP contribution in [-0.4, -0.2) is 50.3 Å². The lowest BCUT2D eigenvalue weighted by molar-refractivity contribution is -0.151. The molecule has 0 aromatic carbocycles. The van der Waals surface area contributed by atoms with Crippen molar-refractivity contribution in [1.29, 1.82) is 0 Å². The Balaban J connectivity index is 3.53. The van der Waals surface area contributed by atoms with Crippen molar-refractivity contribution in [2.75, 3.05) is 26.4 Å². The van der Waals surface area contributed by atoms with Crippen molar-refractivity contribution in [1.82, 2.24) is 0 Å². The Kier molecular flexibility index (Phi) is 11.9. The minimum absolute atomic E-state index is 0.0443. The third-order valence-electron chi connectivity index (χ3n) is 2.34. The summed E-state index contributed by atoms with van der Waals surface area (Å²) < 4.78 is 18.8. The molecule has 0 spiro atoms. The number of hydrogen-bond acceptors (Lipinski definition) is 8. The number of esters is 4. The molecule has 0 bridgehead atoms. The highest BCUT2D eigenvalue weighted by molar-refractivity contribution is 5.87. The number of carbonyl (C=O) groups is 4. The predicted octanol–water partition coefficient (Wildman–Crippen LogP) is -0.0140. The molecule has 0 aliphatic carbocycles. The lowest BCUT2D eigenvalue weighted by Gasteiger charge is -2.06. The van der Waals surface area contributed by atoms with Crippen molar-refractivity contribution in [2.24, 2.45) is 0 Å². The summed E-state index contributed by atoms with van der Waals surface area (Å²) in [6.07, 6.45) is 9.93. The van der Waals surface area contributed by atoms with Crippen molar-refractivity contribution >= 4 is 23.9 Å². The number of rotatable bonds is 11. The molecule has 0 rings (SSSR count). The zero-order valence-corrected chi connectivity index (χ0v) is 13.1. The van der Waals surface area contributed by atoms with Crippen LogP contribution in [0, 0.1) is 24.7 Å². The van der Waals surface area contributed by atoms with E-state index in [2.05, 4.69) is 9.47 Å². The van der Waals surface area contributed by atoms with E-state index in [1.165, 1.54) is 0 Å². The quantitative estimate of drug-likeness (QED) is 0.170. The van der Waals surface area contributed by atoms with E-state index in [1.54, 1.807) is 11.8 Å². The first-order chi connectivity index (χ1) is 11.5.